The summed E-state index contributed by atoms with van der Waals surface area (Å²) in [5.41, 5.74) is 9.20. The Morgan fingerprint density at radius 1 is 0.651 bits per heavy atom. The summed E-state index contributed by atoms with van der Waals surface area (Å²) < 4.78 is 2.23. The highest BCUT2D eigenvalue weighted by Gasteiger charge is 2.46. The first-order valence-electron chi connectivity index (χ1n) is 14.4. The van der Waals surface area contributed by atoms with Crippen LogP contribution in [0.1, 0.15) is 23.6 Å². The van der Waals surface area contributed by atoms with Gasteiger partial charge in [-0.1, -0.05) is 78.9 Å². The molecule has 43 heavy (non-hydrogen) atoms. The van der Waals surface area contributed by atoms with Crippen LogP contribution in [0.2, 0.25) is 0 Å². The maximum atomic E-state index is 10.1. The number of rotatable bonds is 3. The van der Waals surface area contributed by atoms with Gasteiger partial charge in [-0.15, -0.1) is 0 Å². The molecular formula is C39H26N4. The molecule has 0 fully saturated rings. The molecule has 6 aromatic rings. The number of nitriles is 2. The third-order valence-electron chi connectivity index (χ3n) is 9.03. The minimum absolute atomic E-state index is 0.0790. The first-order valence-corrected chi connectivity index (χ1v) is 14.4. The predicted octanol–water partition coefficient (Wildman–Crippen LogP) is 9.10. The van der Waals surface area contributed by atoms with Crippen LogP contribution in [-0.2, 0) is 5.41 Å². The third-order valence-corrected chi connectivity index (χ3v) is 9.03. The van der Waals surface area contributed by atoms with E-state index in [-0.39, 0.29) is 11.5 Å². The van der Waals surface area contributed by atoms with E-state index in [1.54, 1.807) is 0 Å². The molecule has 5 aromatic carbocycles. The fraction of sp³-hybridized carbons (Fsp3) is 0.0769. The Morgan fingerprint density at radius 2 is 1.23 bits per heavy atom. The molecule has 0 spiro atoms. The van der Waals surface area contributed by atoms with E-state index in [1.165, 1.54) is 16.3 Å². The van der Waals surface area contributed by atoms with E-state index in [0.717, 1.165) is 39.2 Å². The fourth-order valence-corrected chi connectivity index (χ4v) is 7.07. The summed E-state index contributed by atoms with van der Waals surface area (Å²) in [4.78, 5) is 2.35. The molecule has 2 unspecified atom stereocenters. The smallest absolute Gasteiger partial charge is 0.0992 e. The SMILES string of the molecule is CC12C=CC=CC1N(c1cc(C#N)cc(-c3cc(C#N)cc(-n4c5ccccc5c5ccccc54)c3)c1)c1ccccc12. The average molecular weight is 551 g/mol. The first-order chi connectivity index (χ1) is 21.1. The van der Waals surface area contributed by atoms with Gasteiger partial charge in [0.05, 0.1) is 40.3 Å². The van der Waals surface area contributed by atoms with Crippen LogP contribution in [-0.4, -0.2) is 10.6 Å². The highest BCUT2D eigenvalue weighted by atomic mass is 15.2. The van der Waals surface area contributed by atoms with Gasteiger partial charge in [-0.05, 0) is 78.2 Å². The van der Waals surface area contributed by atoms with E-state index in [0.29, 0.717) is 11.1 Å². The lowest BCUT2D eigenvalue weighted by Crippen LogP contribution is -2.39. The molecule has 0 saturated heterocycles. The normalized spacial score (nSPS) is 18.4. The highest BCUT2D eigenvalue weighted by molar-refractivity contribution is 6.09. The van der Waals surface area contributed by atoms with E-state index in [4.69, 9.17) is 0 Å². The van der Waals surface area contributed by atoms with Gasteiger partial charge in [0.2, 0.25) is 0 Å². The number of hydrogen-bond donors (Lipinski definition) is 0. The molecule has 2 atom stereocenters. The Labute approximate surface area is 250 Å². The predicted molar refractivity (Wildman–Crippen MR) is 174 cm³/mol. The molecule has 202 valence electrons. The summed E-state index contributed by atoms with van der Waals surface area (Å²) in [6.07, 6.45) is 8.75. The summed E-state index contributed by atoms with van der Waals surface area (Å²) in [5, 5.41) is 22.6. The van der Waals surface area contributed by atoms with Gasteiger partial charge in [-0.3, -0.25) is 0 Å². The molecule has 0 radical (unpaired) electrons. The van der Waals surface area contributed by atoms with Gasteiger partial charge in [0.15, 0.2) is 0 Å². The van der Waals surface area contributed by atoms with Crippen molar-refractivity contribution in [3.05, 3.63) is 150 Å². The Morgan fingerprint density at radius 3 is 1.91 bits per heavy atom. The summed E-state index contributed by atoms with van der Waals surface area (Å²) >= 11 is 0. The molecule has 0 bridgehead atoms. The Kier molecular flexibility index (Phi) is 5.42. The number of hydrogen-bond acceptors (Lipinski definition) is 3. The maximum Gasteiger partial charge on any atom is 0.0992 e. The van der Waals surface area contributed by atoms with Crippen LogP contribution in [0, 0.1) is 22.7 Å². The van der Waals surface area contributed by atoms with Crippen LogP contribution in [0.5, 0.6) is 0 Å². The van der Waals surface area contributed by atoms with Crippen LogP contribution < -0.4 is 4.90 Å². The van der Waals surface area contributed by atoms with Gasteiger partial charge >= 0.3 is 0 Å². The quantitative estimate of drug-likeness (QED) is 0.221. The molecule has 2 heterocycles. The lowest BCUT2D eigenvalue weighted by atomic mass is 9.76. The molecule has 0 saturated carbocycles. The van der Waals surface area contributed by atoms with Crippen molar-refractivity contribution in [2.75, 3.05) is 4.90 Å². The topological polar surface area (TPSA) is 55.8 Å². The second-order valence-electron chi connectivity index (χ2n) is 11.5. The molecule has 1 aromatic heterocycles. The largest absolute Gasteiger partial charge is 0.333 e. The molecule has 0 N–H and O–H groups in total. The van der Waals surface area contributed by atoms with Crippen LogP contribution in [0.3, 0.4) is 0 Å². The van der Waals surface area contributed by atoms with E-state index in [9.17, 15) is 10.5 Å². The van der Waals surface area contributed by atoms with Crippen molar-refractivity contribution >= 4 is 33.2 Å². The summed E-state index contributed by atoms with van der Waals surface area (Å²) in [6, 6.07) is 42.2. The van der Waals surface area contributed by atoms with Crippen molar-refractivity contribution < 1.29 is 0 Å². The molecule has 1 aliphatic heterocycles. The van der Waals surface area contributed by atoms with Crippen molar-refractivity contribution in [3.63, 3.8) is 0 Å². The first kappa shape index (κ1) is 24.9. The number of allylic oxidation sites excluding steroid dienone is 2. The van der Waals surface area contributed by atoms with Crippen molar-refractivity contribution in [2.24, 2.45) is 0 Å². The second-order valence-corrected chi connectivity index (χ2v) is 11.5. The summed E-state index contributed by atoms with van der Waals surface area (Å²) in [5.74, 6) is 0. The number of fused-ring (bicyclic) bond motifs is 6. The molecule has 2 aliphatic rings. The molecule has 4 heteroatoms. The number of nitrogens with zero attached hydrogens (tertiary/aromatic N) is 4. The minimum atomic E-state index is -0.182. The van der Waals surface area contributed by atoms with Crippen LogP contribution in [0.25, 0.3) is 38.6 Å². The number of anilines is 2. The lowest BCUT2D eigenvalue weighted by Gasteiger charge is -2.35. The average Bonchev–Trinajstić information content (AvgIpc) is 3.54. The monoisotopic (exact) mass is 550 g/mol. The van der Waals surface area contributed by atoms with Gasteiger partial charge in [0, 0.05) is 33.2 Å². The summed E-state index contributed by atoms with van der Waals surface area (Å²) in [6.45, 7) is 2.28. The molecule has 0 amide bonds. The highest BCUT2D eigenvalue weighted by Crippen LogP contribution is 2.51. The number of aromatic nitrogens is 1. The lowest BCUT2D eigenvalue weighted by molar-refractivity contribution is 0.551. The van der Waals surface area contributed by atoms with Gasteiger partial charge in [0.1, 0.15) is 0 Å². The Balaban J connectivity index is 1.34. The number of para-hydroxylation sites is 3. The molecular weight excluding hydrogens is 524 g/mol. The van der Waals surface area contributed by atoms with Crippen molar-refractivity contribution in [2.45, 2.75) is 18.4 Å². The summed E-state index contributed by atoms with van der Waals surface area (Å²) in [7, 11) is 0. The van der Waals surface area contributed by atoms with E-state index < -0.39 is 0 Å². The second kappa shape index (κ2) is 9.35. The standard InChI is InChI=1S/C39H26N4/c1-39-17-9-8-16-38(39)43(37-15-7-4-12-34(37)39)31-21-27(25-41)19-29(23-31)28-18-26(24-40)20-30(22-28)42-35-13-5-2-10-32(35)33-11-3-6-14-36(33)42/h2-23,38H,1H3. The minimum Gasteiger partial charge on any atom is -0.333 e. The molecule has 4 nitrogen and oxygen atoms in total. The van der Waals surface area contributed by atoms with E-state index in [2.05, 4.69) is 126 Å². The van der Waals surface area contributed by atoms with E-state index in [1.807, 2.05) is 36.4 Å². The van der Waals surface area contributed by atoms with Crippen molar-refractivity contribution in [1.29, 1.82) is 10.5 Å². The van der Waals surface area contributed by atoms with Crippen molar-refractivity contribution in [1.82, 2.24) is 4.57 Å². The fourth-order valence-electron chi connectivity index (χ4n) is 7.07. The van der Waals surface area contributed by atoms with Crippen LogP contribution in [0.15, 0.2) is 133 Å². The zero-order chi connectivity index (χ0) is 29.1. The van der Waals surface area contributed by atoms with Gasteiger partial charge in [-0.25, -0.2) is 0 Å². The van der Waals surface area contributed by atoms with Crippen LogP contribution >= 0.6 is 0 Å². The Hall–Kier alpha value is -5.84. The molecule has 8 rings (SSSR count). The van der Waals surface area contributed by atoms with Crippen molar-refractivity contribution in [3.8, 4) is 29.0 Å². The zero-order valence-electron chi connectivity index (χ0n) is 23.6. The Bertz CT molecular complexity index is 2200. The molecule has 1 aliphatic carbocycles. The number of benzene rings is 5. The van der Waals surface area contributed by atoms with Gasteiger partial charge in [-0.2, -0.15) is 10.5 Å². The van der Waals surface area contributed by atoms with E-state index >= 15 is 0 Å². The van der Waals surface area contributed by atoms with Gasteiger partial charge < -0.3 is 9.47 Å². The third kappa shape index (κ3) is 3.67. The zero-order valence-corrected chi connectivity index (χ0v) is 23.6. The van der Waals surface area contributed by atoms with Crippen LogP contribution in [0.4, 0.5) is 11.4 Å². The van der Waals surface area contributed by atoms with Gasteiger partial charge in [0.25, 0.3) is 0 Å². The maximum absolute atomic E-state index is 10.1.